The standard InChI is InChI=1S/C23H31N7.HI/c1-24-23(25-14-13-22-27-26-21-8-4-7-17-30(21)22)28(2)18-19-9-11-20(12-10-19)29-15-5-3-6-16-29;/h4,7-12,17H,3,5-6,13-16,18H2,1-2H3,(H,24,25);1H. The highest BCUT2D eigenvalue weighted by molar-refractivity contribution is 14.0. The van der Waals surface area contributed by atoms with E-state index in [2.05, 4.69) is 61.6 Å². The van der Waals surface area contributed by atoms with Crippen molar-refractivity contribution in [2.75, 3.05) is 38.6 Å². The Bertz CT molecular complexity index is 977. The number of anilines is 1. The zero-order valence-corrected chi connectivity index (χ0v) is 20.7. The van der Waals surface area contributed by atoms with Crippen molar-refractivity contribution in [3.05, 3.63) is 60.0 Å². The molecule has 1 aliphatic rings. The van der Waals surface area contributed by atoms with Gasteiger partial charge in [-0.2, -0.15) is 0 Å². The van der Waals surface area contributed by atoms with Gasteiger partial charge in [-0.25, -0.2) is 0 Å². The van der Waals surface area contributed by atoms with Crippen LogP contribution in [0.25, 0.3) is 5.65 Å². The molecule has 0 amide bonds. The van der Waals surface area contributed by atoms with Gasteiger partial charge in [0, 0.05) is 58.6 Å². The van der Waals surface area contributed by atoms with Crippen molar-refractivity contribution in [3.8, 4) is 0 Å². The number of benzene rings is 1. The van der Waals surface area contributed by atoms with Crippen molar-refractivity contribution >= 4 is 41.3 Å². The molecule has 1 aromatic carbocycles. The van der Waals surface area contributed by atoms with Gasteiger partial charge in [0.2, 0.25) is 0 Å². The lowest BCUT2D eigenvalue weighted by Gasteiger charge is -2.29. The van der Waals surface area contributed by atoms with Crippen LogP contribution in [0.4, 0.5) is 5.69 Å². The van der Waals surface area contributed by atoms with Crippen molar-refractivity contribution < 1.29 is 0 Å². The van der Waals surface area contributed by atoms with E-state index in [1.54, 1.807) is 0 Å². The molecule has 3 heterocycles. The molecular weight excluding hydrogens is 501 g/mol. The Morgan fingerprint density at radius 3 is 2.58 bits per heavy atom. The lowest BCUT2D eigenvalue weighted by atomic mass is 10.1. The maximum Gasteiger partial charge on any atom is 0.193 e. The van der Waals surface area contributed by atoms with Crippen LogP contribution in [-0.2, 0) is 13.0 Å². The highest BCUT2D eigenvalue weighted by Gasteiger charge is 2.12. The number of fused-ring (bicyclic) bond motifs is 1. The van der Waals surface area contributed by atoms with Crippen LogP contribution in [0.3, 0.4) is 0 Å². The molecule has 1 saturated heterocycles. The topological polar surface area (TPSA) is 61.1 Å². The number of rotatable bonds is 6. The first-order chi connectivity index (χ1) is 14.7. The molecule has 0 saturated carbocycles. The molecule has 0 atom stereocenters. The summed E-state index contributed by atoms with van der Waals surface area (Å²) in [7, 11) is 3.89. The van der Waals surface area contributed by atoms with Crippen LogP contribution in [0.15, 0.2) is 53.7 Å². The number of hydrogen-bond donors (Lipinski definition) is 1. The molecule has 0 spiro atoms. The van der Waals surface area contributed by atoms with Gasteiger partial charge in [-0.1, -0.05) is 18.2 Å². The van der Waals surface area contributed by atoms with E-state index in [0.717, 1.165) is 36.9 Å². The molecule has 0 radical (unpaired) electrons. The Labute approximate surface area is 201 Å². The van der Waals surface area contributed by atoms with Crippen molar-refractivity contribution in [1.82, 2.24) is 24.8 Å². The minimum absolute atomic E-state index is 0. The maximum atomic E-state index is 4.44. The van der Waals surface area contributed by atoms with Gasteiger partial charge in [-0.3, -0.25) is 9.39 Å². The third-order valence-electron chi connectivity index (χ3n) is 5.67. The van der Waals surface area contributed by atoms with E-state index in [1.807, 2.05) is 35.8 Å². The van der Waals surface area contributed by atoms with E-state index in [9.17, 15) is 0 Å². The average molecular weight is 533 g/mol. The van der Waals surface area contributed by atoms with Gasteiger partial charge in [-0.05, 0) is 49.1 Å². The highest BCUT2D eigenvalue weighted by atomic mass is 127. The summed E-state index contributed by atoms with van der Waals surface area (Å²) in [5.74, 6) is 1.83. The third-order valence-corrected chi connectivity index (χ3v) is 5.67. The van der Waals surface area contributed by atoms with Crippen LogP contribution in [0.5, 0.6) is 0 Å². The van der Waals surface area contributed by atoms with Crippen LogP contribution < -0.4 is 10.2 Å². The van der Waals surface area contributed by atoms with E-state index < -0.39 is 0 Å². The largest absolute Gasteiger partial charge is 0.372 e. The third kappa shape index (κ3) is 5.87. The van der Waals surface area contributed by atoms with E-state index in [-0.39, 0.29) is 24.0 Å². The molecule has 4 rings (SSSR count). The molecule has 166 valence electrons. The molecule has 3 aromatic rings. The van der Waals surface area contributed by atoms with E-state index in [4.69, 9.17) is 0 Å². The first kappa shape index (κ1) is 23.3. The Morgan fingerprint density at radius 1 is 1.06 bits per heavy atom. The van der Waals surface area contributed by atoms with Gasteiger partial charge in [0.1, 0.15) is 5.82 Å². The van der Waals surface area contributed by atoms with Crippen LogP contribution in [0, 0.1) is 0 Å². The molecule has 31 heavy (non-hydrogen) atoms. The Morgan fingerprint density at radius 2 is 1.84 bits per heavy atom. The first-order valence-electron chi connectivity index (χ1n) is 10.8. The summed E-state index contributed by atoms with van der Waals surface area (Å²) in [5.41, 5.74) is 3.50. The number of piperidine rings is 1. The fourth-order valence-electron chi connectivity index (χ4n) is 4.05. The number of halogens is 1. The van der Waals surface area contributed by atoms with E-state index in [0.29, 0.717) is 0 Å². The molecule has 1 N–H and O–H groups in total. The summed E-state index contributed by atoms with van der Waals surface area (Å²) in [5, 5.41) is 11.9. The average Bonchev–Trinajstić information content (AvgIpc) is 3.21. The number of aromatic nitrogens is 3. The summed E-state index contributed by atoms with van der Waals surface area (Å²) in [6.07, 6.45) is 6.74. The summed E-state index contributed by atoms with van der Waals surface area (Å²) in [6, 6.07) is 14.9. The quantitative estimate of drug-likeness (QED) is 0.298. The van der Waals surface area contributed by atoms with Crippen LogP contribution in [-0.4, -0.2) is 59.2 Å². The number of nitrogens with zero attached hydrogens (tertiary/aromatic N) is 6. The molecular formula is C23H32IN7. The molecule has 1 fully saturated rings. The van der Waals surface area contributed by atoms with Crippen LogP contribution >= 0.6 is 24.0 Å². The second-order valence-electron chi connectivity index (χ2n) is 7.84. The zero-order chi connectivity index (χ0) is 20.8. The molecule has 8 heteroatoms. The van der Waals surface area contributed by atoms with Gasteiger partial charge in [0.25, 0.3) is 0 Å². The number of guanidine groups is 1. The second kappa shape index (κ2) is 11.3. The number of hydrogen-bond acceptors (Lipinski definition) is 4. The monoisotopic (exact) mass is 533 g/mol. The Hall–Kier alpha value is -2.36. The van der Waals surface area contributed by atoms with Crippen molar-refractivity contribution in [3.63, 3.8) is 0 Å². The first-order valence-corrected chi connectivity index (χ1v) is 10.8. The molecule has 0 bridgehead atoms. The van der Waals surface area contributed by atoms with Crippen molar-refractivity contribution in [2.24, 2.45) is 4.99 Å². The highest BCUT2D eigenvalue weighted by Crippen LogP contribution is 2.20. The predicted octanol–water partition coefficient (Wildman–Crippen LogP) is 3.59. The SMILES string of the molecule is CN=C(NCCc1nnc2ccccn12)N(C)Cc1ccc(N2CCCCC2)cc1.I. The molecule has 2 aromatic heterocycles. The Balaban J connectivity index is 0.00000272. The Kier molecular flexibility index (Phi) is 8.51. The summed E-state index contributed by atoms with van der Waals surface area (Å²) in [6.45, 7) is 3.92. The van der Waals surface area contributed by atoms with Gasteiger partial charge in [-0.15, -0.1) is 34.2 Å². The minimum Gasteiger partial charge on any atom is -0.372 e. The molecule has 1 aliphatic heterocycles. The van der Waals surface area contributed by atoms with Crippen LogP contribution in [0.1, 0.15) is 30.7 Å². The van der Waals surface area contributed by atoms with Crippen molar-refractivity contribution in [2.45, 2.75) is 32.2 Å². The van der Waals surface area contributed by atoms with Crippen molar-refractivity contribution in [1.29, 1.82) is 0 Å². The number of aliphatic imine (C=N–C) groups is 1. The minimum atomic E-state index is 0. The summed E-state index contributed by atoms with van der Waals surface area (Å²) < 4.78 is 2.03. The van der Waals surface area contributed by atoms with E-state index in [1.165, 1.54) is 43.6 Å². The predicted molar refractivity (Wildman–Crippen MR) is 137 cm³/mol. The fraction of sp³-hybridized carbons (Fsp3) is 0.435. The van der Waals surface area contributed by atoms with Gasteiger partial charge < -0.3 is 15.1 Å². The normalized spacial score (nSPS) is 14.4. The number of pyridine rings is 1. The van der Waals surface area contributed by atoms with Crippen LogP contribution in [0.2, 0.25) is 0 Å². The number of nitrogens with one attached hydrogen (secondary N) is 1. The van der Waals surface area contributed by atoms with Gasteiger partial charge in [0.15, 0.2) is 11.6 Å². The zero-order valence-electron chi connectivity index (χ0n) is 18.4. The van der Waals surface area contributed by atoms with E-state index >= 15 is 0 Å². The fourth-order valence-corrected chi connectivity index (χ4v) is 4.05. The van der Waals surface area contributed by atoms with Gasteiger partial charge >= 0.3 is 0 Å². The molecule has 7 nitrogen and oxygen atoms in total. The summed E-state index contributed by atoms with van der Waals surface area (Å²) >= 11 is 0. The molecule has 0 unspecified atom stereocenters. The molecule has 0 aliphatic carbocycles. The lowest BCUT2D eigenvalue weighted by Crippen LogP contribution is -2.39. The lowest BCUT2D eigenvalue weighted by molar-refractivity contribution is 0.476. The smallest absolute Gasteiger partial charge is 0.193 e. The maximum absolute atomic E-state index is 4.44. The summed E-state index contributed by atoms with van der Waals surface area (Å²) in [4.78, 5) is 9.08. The second-order valence-corrected chi connectivity index (χ2v) is 7.84. The van der Waals surface area contributed by atoms with Gasteiger partial charge in [0.05, 0.1) is 0 Å².